The Bertz CT molecular complexity index is 543. The molecule has 3 nitrogen and oxygen atoms in total. The molecule has 21 heavy (non-hydrogen) atoms. The third kappa shape index (κ3) is 2.15. The summed E-state index contributed by atoms with van der Waals surface area (Å²) in [4.78, 5) is 17.1. The Hall–Kier alpha value is -0.870. The van der Waals surface area contributed by atoms with Crippen LogP contribution in [0.1, 0.15) is 49.1 Å². The molecule has 2 fully saturated rings. The molecule has 1 saturated heterocycles. The Morgan fingerprint density at radius 3 is 3.05 bits per heavy atom. The van der Waals surface area contributed by atoms with Crippen LogP contribution in [0.25, 0.3) is 0 Å². The van der Waals surface area contributed by atoms with E-state index >= 15 is 0 Å². The Morgan fingerprint density at radius 1 is 1.52 bits per heavy atom. The summed E-state index contributed by atoms with van der Waals surface area (Å²) in [5.41, 5.74) is 1.32. The van der Waals surface area contributed by atoms with Crippen molar-refractivity contribution in [3.8, 4) is 0 Å². The van der Waals surface area contributed by atoms with E-state index < -0.39 is 0 Å². The van der Waals surface area contributed by atoms with E-state index in [-0.39, 0.29) is 5.41 Å². The molecule has 1 aliphatic carbocycles. The van der Waals surface area contributed by atoms with Crippen LogP contribution in [0.15, 0.2) is 11.4 Å². The number of hydrogen-bond donors (Lipinski definition) is 1. The smallest absolute Gasteiger partial charge is 0.230 e. The van der Waals surface area contributed by atoms with Gasteiger partial charge in [-0.15, -0.1) is 11.3 Å². The van der Waals surface area contributed by atoms with Gasteiger partial charge in [0.15, 0.2) is 0 Å². The minimum atomic E-state index is -0.138. The van der Waals surface area contributed by atoms with Crippen LogP contribution >= 0.6 is 11.3 Å². The molecule has 3 aliphatic rings. The van der Waals surface area contributed by atoms with Gasteiger partial charge in [-0.2, -0.15) is 0 Å². The molecule has 4 heteroatoms. The van der Waals surface area contributed by atoms with E-state index in [1.54, 1.807) is 0 Å². The van der Waals surface area contributed by atoms with E-state index in [2.05, 4.69) is 28.6 Å². The number of fused-ring (bicyclic) bond motifs is 1. The minimum absolute atomic E-state index is 0.138. The highest BCUT2D eigenvalue weighted by Gasteiger charge is 2.48. The number of hydrogen-bond acceptors (Lipinski definition) is 3. The maximum Gasteiger partial charge on any atom is 0.230 e. The fourth-order valence-electron chi connectivity index (χ4n) is 4.18. The van der Waals surface area contributed by atoms with Gasteiger partial charge in [-0.3, -0.25) is 4.79 Å². The zero-order chi connectivity index (χ0) is 14.4. The van der Waals surface area contributed by atoms with Crippen LogP contribution in [-0.2, 0) is 11.2 Å². The van der Waals surface area contributed by atoms with E-state index in [1.807, 2.05) is 11.3 Å². The SMILES string of the molecule is CCC1(C(=O)N2CCc3sccc3C2C2CC2)CCNC1. The first kappa shape index (κ1) is 13.8. The first-order chi connectivity index (χ1) is 10.2. The molecule has 0 bridgehead atoms. The van der Waals surface area contributed by atoms with Gasteiger partial charge < -0.3 is 10.2 Å². The molecule has 114 valence electrons. The molecule has 3 heterocycles. The summed E-state index contributed by atoms with van der Waals surface area (Å²) in [5, 5.41) is 5.62. The Labute approximate surface area is 130 Å². The second-order valence-corrected chi connectivity index (χ2v) is 7.89. The van der Waals surface area contributed by atoms with Crippen LogP contribution in [0.3, 0.4) is 0 Å². The van der Waals surface area contributed by atoms with Crippen molar-refractivity contribution in [3.63, 3.8) is 0 Å². The molecule has 1 amide bonds. The van der Waals surface area contributed by atoms with E-state index in [0.717, 1.165) is 38.9 Å². The number of nitrogens with one attached hydrogen (secondary N) is 1. The number of carbonyl (C=O) groups is 1. The largest absolute Gasteiger partial charge is 0.334 e. The van der Waals surface area contributed by atoms with Crippen LogP contribution in [0.2, 0.25) is 0 Å². The normalized spacial score (nSPS) is 32.2. The van der Waals surface area contributed by atoms with Gasteiger partial charge in [0.2, 0.25) is 5.91 Å². The fraction of sp³-hybridized carbons (Fsp3) is 0.706. The van der Waals surface area contributed by atoms with Crippen molar-refractivity contribution in [2.45, 2.75) is 45.1 Å². The molecular formula is C17H24N2OS. The highest BCUT2D eigenvalue weighted by Crippen LogP contribution is 2.50. The van der Waals surface area contributed by atoms with Crippen molar-refractivity contribution < 1.29 is 4.79 Å². The Balaban J connectivity index is 1.66. The first-order valence-electron chi connectivity index (χ1n) is 8.33. The maximum atomic E-state index is 13.3. The average molecular weight is 304 g/mol. The summed E-state index contributed by atoms with van der Waals surface area (Å²) in [5.74, 6) is 1.13. The number of carbonyl (C=O) groups excluding carboxylic acids is 1. The van der Waals surface area contributed by atoms with Gasteiger partial charge in [0.1, 0.15) is 0 Å². The summed E-state index contributed by atoms with van der Waals surface area (Å²) in [6.45, 7) is 4.96. The quantitative estimate of drug-likeness (QED) is 0.931. The summed E-state index contributed by atoms with van der Waals surface area (Å²) in [6, 6.07) is 2.64. The van der Waals surface area contributed by atoms with Crippen LogP contribution in [-0.4, -0.2) is 30.4 Å². The molecule has 0 radical (unpaired) electrons. The van der Waals surface area contributed by atoms with E-state index in [0.29, 0.717) is 17.9 Å². The van der Waals surface area contributed by atoms with Crippen molar-refractivity contribution in [2.24, 2.45) is 11.3 Å². The number of amides is 1. The summed E-state index contributed by atoms with van der Waals surface area (Å²) in [6.07, 6.45) is 5.60. The monoisotopic (exact) mass is 304 g/mol. The summed E-state index contributed by atoms with van der Waals surface area (Å²) in [7, 11) is 0. The summed E-state index contributed by atoms with van der Waals surface area (Å²) >= 11 is 1.87. The standard InChI is InChI=1S/C17H24N2OS/c1-2-17(7-8-18-11-17)16(20)19-9-5-14-13(6-10-21-14)15(19)12-3-4-12/h6,10,12,15,18H,2-5,7-9,11H2,1H3. The van der Waals surface area contributed by atoms with Gasteiger partial charge in [0, 0.05) is 18.0 Å². The minimum Gasteiger partial charge on any atom is -0.334 e. The predicted molar refractivity (Wildman–Crippen MR) is 85.4 cm³/mol. The number of rotatable bonds is 3. The predicted octanol–water partition coefficient (Wildman–Crippen LogP) is 2.97. The van der Waals surface area contributed by atoms with Crippen LogP contribution in [0.4, 0.5) is 0 Å². The zero-order valence-electron chi connectivity index (χ0n) is 12.7. The zero-order valence-corrected chi connectivity index (χ0v) is 13.5. The highest BCUT2D eigenvalue weighted by molar-refractivity contribution is 7.10. The van der Waals surface area contributed by atoms with Crippen molar-refractivity contribution >= 4 is 17.2 Å². The number of thiophene rings is 1. The third-order valence-corrected chi connectivity index (χ3v) is 6.71. The molecule has 0 aromatic carbocycles. The molecule has 1 aromatic rings. The molecule has 1 N–H and O–H groups in total. The van der Waals surface area contributed by atoms with E-state index in [9.17, 15) is 4.79 Å². The van der Waals surface area contributed by atoms with Gasteiger partial charge in [0.05, 0.1) is 11.5 Å². The van der Waals surface area contributed by atoms with Crippen molar-refractivity contribution in [3.05, 3.63) is 21.9 Å². The van der Waals surface area contributed by atoms with E-state index in [1.165, 1.54) is 23.3 Å². The lowest BCUT2D eigenvalue weighted by atomic mass is 9.81. The lowest BCUT2D eigenvalue weighted by Crippen LogP contribution is -2.49. The van der Waals surface area contributed by atoms with Crippen LogP contribution < -0.4 is 5.32 Å². The molecule has 1 saturated carbocycles. The van der Waals surface area contributed by atoms with Gasteiger partial charge in [0.25, 0.3) is 0 Å². The van der Waals surface area contributed by atoms with Crippen molar-refractivity contribution in [1.82, 2.24) is 10.2 Å². The summed E-state index contributed by atoms with van der Waals surface area (Å²) < 4.78 is 0. The average Bonchev–Trinajstić information content (AvgIpc) is 3.04. The fourth-order valence-corrected chi connectivity index (χ4v) is 5.09. The second kappa shape index (κ2) is 5.10. The second-order valence-electron chi connectivity index (χ2n) is 6.89. The third-order valence-electron chi connectivity index (χ3n) is 5.72. The molecule has 4 rings (SSSR count). The number of nitrogens with zero attached hydrogens (tertiary/aromatic N) is 1. The Morgan fingerprint density at radius 2 is 2.38 bits per heavy atom. The van der Waals surface area contributed by atoms with Crippen LogP contribution in [0.5, 0.6) is 0 Å². The molecule has 2 atom stereocenters. The lowest BCUT2D eigenvalue weighted by molar-refractivity contribution is -0.145. The highest BCUT2D eigenvalue weighted by atomic mass is 32.1. The maximum absolute atomic E-state index is 13.3. The Kier molecular flexibility index (Phi) is 3.34. The molecule has 2 unspecified atom stereocenters. The topological polar surface area (TPSA) is 32.3 Å². The van der Waals surface area contributed by atoms with Crippen molar-refractivity contribution in [2.75, 3.05) is 19.6 Å². The van der Waals surface area contributed by atoms with Gasteiger partial charge in [-0.1, -0.05) is 6.92 Å². The van der Waals surface area contributed by atoms with Gasteiger partial charge in [-0.05, 0) is 61.6 Å². The molecule has 2 aliphatic heterocycles. The first-order valence-corrected chi connectivity index (χ1v) is 9.21. The molecule has 1 aromatic heterocycles. The lowest BCUT2D eigenvalue weighted by Gasteiger charge is -2.41. The van der Waals surface area contributed by atoms with Crippen LogP contribution in [0, 0.1) is 11.3 Å². The van der Waals surface area contributed by atoms with Gasteiger partial charge in [-0.25, -0.2) is 0 Å². The molecule has 0 spiro atoms. The molecular weight excluding hydrogens is 280 g/mol. The van der Waals surface area contributed by atoms with Crippen molar-refractivity contribution in [1.29, 1.82) is 0 Å². The van der Waals surface area contributed by atoms with E-state index in [4.69, 9.17) is 0 Å². The van der Waals surface area contributed by atoms with Gasteiger partial charge >= 0.3 is 0 Å².